The number of pyridine rings is 1. The molecule has 102 valence electrons. The maximum Gasteiger partial charge on any atom is 0.255 e. The highest BCUT2D eigenvalue weighted by molar-refractivity contribution is 5.96. The summed E-state index contributed by atoms with van der Waals surface area (Å²) in [5.41, 5.74) is 0.906. The fourth-order valence-electron chi connectivity index (χ4n) is 1.67. The van der Waals surface area contributed by atoms with Crippen molar-refractivity contribution in [2.45, 2.75) is 19.9 Å². The molecule has 0 aromatic carbocycles. The van der Waals surface area contributed by atoms with Crippen LogP contribution in [0.2, 0.25) is 0 Å². The van der Waals surface area contributed by atoms with Crippen molar-refractivity contribution < 1.29 is 15.0 Å². The maximum atomic E-state index is 12.4. The summed E-state index contributed by atoms with van der Waals surface area (Å²) < 4.78 is 0. The van der Waals surface area contributed by atoms with Crippen LogP contribution >= 0.6 is 0 Å². The van der Waals surface area contributed by atoms with Gasteiger partial charge < -0.3 is 15.1 Å². The molecule has 0 radical (unpaired) electrons. The van der Waals surface area contributed by atoms with Gasteiger partial charge in [-0.3, -0.25) is 9.78 Å². The third kappa shape index (κ3) is 4.05. The molecule has 0 spiro atoms. The fourth-order valence-corrected chi connectivity index (χ4v) is 1.67. The number of hydrogen-bond acceptors (Lipinski definition) is 4. The third-order valence-electron chi connectivity index (χ3n) is 2.58. The highest BCUT2D eigenvalue weighted by Crippen LogP contribution is 2.11. The van der Waals surface area contributed by atoms with Crippen LogP contribution in [0.4, 0.5) is 0 Å². The van der Waals surface area contributed by atoms with Crippen LogP contribution in [-0.4, -0.2) is 51.8 Å². The standard InChI is InChI=1S/C14H18N2O3/c1-11(2)16(7-9-18)14(19)13-5-6-15-10-12(13)4-3-8-17/h5-6,10-11,17-18H,7-9H2,1-2H3. The molecule has 1 aromatic heterocycles. The van der Waals surface area contributed by atoms with E-state index in [0.717, 1.165) is 0 Å². The molecule has 0 fully saturated rings. The number of carbonyl (C=O) groups excluding carboxylic acids is 1. The average molecular weight is 262 g/mol. The fraction of sp³-hybridized carbons (Fsp3) is 0.429. The van der Waals surface area contributed by atoms with E-state index in [1.807, 2.05) is 13.8 Å². The van der Waals surface area contributed by atoms with E-state index in [4.69, 9.17) is 10.2 Å². The molecule has 5 heteroatoms. The average Bonchev–Trinajstić information content (AvgIpc) is 2.41. The summed E-state index contributed by atoms with van der Waals surface area (Å²) in [6.07, 6.45) is 3.02. The van der Waals surface area contributed by atoms with E-state index in [2.05, 4.69) is 16.8 Å². The number of aromatic nitrogens is 1. The maximum absolute atomic E-state index is 12.4. The largest absolute Gasteiger partial charge is 0.395 e. The Bertz CT molecular complexity index is 489. The lowest BCUT2D eigenvalue weighted by Crippen LogP contribution is -2.39. The zero-order valence-electron chi connectivity index (χ0n) is 11.1. The van der Waals surface area contributed by atoms with Gasteiger partial charge in [-0.2, -0.15) is 0 Å². The quantitative estimate of drug-likeness (QED) is 0.764. The molecule has 0 saturated heterocycles. The van der Waals surface area contributed by atoms with E-state index in [1.54, 1.807) is 11.0 Å². The lowest BCUT2D eigenvalue weighted by atomic mass is 10.1. The van der Waals surface area contributed by atoms with E-state index in [1.165, 1.54) is 12.4 Å². The Hall–Kier alpha value is -1.90. The van der Waals surface area contributed by atoms with Gasteiger partial charge in [0, 0.05) is 25.0 Å². The van der Waals surface area contributed by atoms with Crippen LogP contribution in [-0.2, 0) is 0 Å². The molecule has 0 unspecified atom stereocenters. The van der Waals surface area contributed by atoms with Crippen LogP contribution in [0.1, 0.15) is 29.8 Å². The lowest BCUT2D eigenvalue weighted by molar-refractivity contribution is 0.0665. The molecule has 0 aliphatic carbocycles. The molecular weight excluding hydrogens is 244 g/mol. The van der Waals surface area contributed by atoms with Gasteiger partial charge in [-0.05, 0) is 19.9 Å². The van der Waals surface area contributed by atoms with Gasteiger partial charge in [-0.1, -0.05) is 11.8 Å². The third-order valence-corrected chi connectivity index (χ3v) is 2.58. The number of rotatable bonds is 4. The van der Waals surface area contributed by atoms with Crippen molar-refractivity contribution in [1.29, 1.82) is 0 Å². The summed E-state index contributed by atoms with van der Waals surface area (Å²) >= 11 is 0. The Labute approximate surface area is 112 Å². The Morgan fingerprint density at radius 2 is 2.21 bits per heavy atom. The summed E-state index contributed by atoms with van der Waals surface area (Å²) in [5, 5.41) is 17.7. The molecule has 1 amide bonds. The minimum Gasteiger partial charge on any atom is -0.395 e. The van der Waals surface area contributed by atoms with Crippen molar-refractivity contribution in [2.24, 2.45) is 0 Å². The summed E-state index contributed by atoms with van der Waals surface area (Å²) in [5.74, 6) is 5.01. The second-order valence-corrected chi connectivity index (χ2v) is 4.20. The van der Waals surface area contributed by atoms with Crippen molar-refractivity contribution in [3.8, 4) is 11.8 Å². The molecule has 0 aliphatic rings. The van der Waals surface area contributed by atoms with E-state index in [-0.39, 0.29) is 31.7 Å². The Morgan fingerprint density at radius 3 is 2.79 bits per heavy atom. The molecule has 1 rings (SSSR count). The first kappa shape index (κ1) is 15.2. The molecule has 5 nitrogen and oxygen atoms in total. The van der Waals surface area contributed by atoms with Gasteiger partial charge >= 0.3 is 0 Å². The molecule has 19 heavy (non-hydrogen) atoms. The molecule has 1 aromatic rings. The van der Waals surface area contributed by atoms with Gasteiger partial charge in [0.15, 0.2) is 0 Å². The Balaban J connectivity index is 3.10. The molecule has 0 aliphatic heterocycles. The lowest BCUT2D eigenvalue weighted by Gasteiger charge is -2.26. The van der Waals surface area contributed by atoms with Crippen LogP contribution in [0.3, 0.4) is 0 Å². The van der Waals surface area contributed by atoms with E-state index >= 15 is 0 Å². The van der Waals surface area contributed by atoms with Gasteiger partial charge in [0.1, 0.15) is 6.61 Å². The molecule has 2 N–H and O–H groups in total. The molecular formula is C14H18N2O3. The predicted molar refractivity (Wildman–Crippen MR) is 71.5 cm³/mol. The van der Waals surface area contributed by atoms with Crippen LogP contribution in [0.25, 0.3) is 0 Å². The number of aliphatic hydroxyl groups excluding tert-OH is 2. The smallest absolute Gasteiger partial charge is 0.255 e. The van der Waals surface area contributed by atoms with Crippen molar-refractivity contribution >= 4 is 5.91 Å². The second-order valence-electron chi connectivity index (χ2n) is 4.20. The van der Waals surface area contributed by atoms with Crippen molar-refractivity contribution in [2.75, 3.05) is 19.8 Å². The van der Waals surface area contributed by atoms with Gasteiger partial charge in [0.25, 0.3) is 5.91 Å². The number of aliphatic hydroxyl groups is 2. The van der Waals surface area contributed by atoms with Crippen LogP contribution in [0, 0.1) is 11.8 Å². The first-order chi connectivity index (χ1) is 9.11. The Morgan fingerprint density at radius 1 is 1.47 bits per heavy atom. The number of carbonyl (C=O) groups is 1. The van der Waals surface area contributed by atoms with Crippen molar-refractivity contribution in [3.05, 3.63) is 29.6 Å². The zero-order chi connectivity index (χ0) is 14.3. The normalized spacial score (nSPS) is 9.95. The topological polar surface area (TPSA) is 73.7 Å². The highest BCUT2D eigenvalue weighted by atomic mass is 16.3. The van der Waals surface area contributed by atoms with E-state index in [0.29, 0.717) is 11.1 Å². The highest BCUT2D eigenvalue weighted by Gasteiger charge is 2.20. The minimum absolute atomic E-state index is 0.0218. The predicted octanol–water partition coefficient (Wildman–Crippen LogP) is 0.268. The second kappa shape index (κ2) is 7.52. The monoisotopic (exact) mass is 262 g/mol. The first-order valence-corrected chi connectivity index (χ1v) is 6.07. The summed E-state index contributed by atoms with van der Waals surface area (Å²) in [4.78, 5) is 17.9. The van der Waals surface area contributed by atoms with Gasteiger partial charge in [-0.25, -0.2) is 0 Å². The summed E-state index contributed by atoms with van der Waals surface area (Å²) in [7, 11) is 0. The van der Waals surface area contributed by atoms with Crippen LogP contribution < -0.4 is 0 Å². The number of amides is 1. The van der Waals surface area contributed by atoms with Gasteiger partial charge in [0.05, 0.1) is 17.7 Å². The van der Waals surface area contributed by atoms with E-state index in [9.17, 15) is 4.79 Å². The van der Waals surface area contributed by atoms with E-state index < -0.39 is 0 Å². The van der Waals surface area contributed by atoms with Gasteiger partial charge in [0.2, 0.25) is 0 Å². The van der Waals surface area contributed by atoms with Crippen LogP contribution in [0.5, 0.6) is 0 Å². The minimum atomic E-state index is -0.271. The zero-order valence-corrected chi connectivity index (χ0v) is 11.1. The Kier molecular flexibility index (Phi) is 6.00. The number of nitrogens with zero attached hydrogens (tertiary/aromatic N) is 2. The van der Waals surface area contributed by atoms with Crippen molar-refractivity contribution in [1.82, 2.24) is 9.88 Å². The summed E-state index contributed by atoms with van der Waals surface area (Å²) in [6, 6.07) is 1.57. The molecule has 0 atom stereocenters. The summed E-state index contributed by atoms with van der Waals surface area (Å²) in [6.45, 7) is 3.67. The molecule has 0 bridgehead atoms. The number of hydrogen-bond donors (Lipinski definition) is 2. The van der Waals surface area contributed by atoms with Crippen molar-refractivity contribution in [3.63, 3.8) is 0 Å². The van der Waals surface area contributed by atoms with Crippen LogP contribution in [0.15, 0.2) is 18.5 Å². The molecule has 1 heterocycles. The SMILES string of the molecule is CC(C)N(CCO)C(=O)c1ccncc1C#CCO. The van der Waals surface area contributed by atoms with Gasteiger partial charge in [-0.15, -0.1) is 0 Å². The molecule has 0 saturated carbocycles. The first-order valence-electron chi connectivity index (χ1n) is 6.07.